The molecule has 0 atom stereocenters. The van der Waals surface area contributed by atoms with Gasteiger partial charge in [-0.3, -0.25) is 0 Å². The summed E-state index contributed by atoms with van der Waals surface area (Å²) in [6, 6.07) is 11.5. The van der Waals surface area contributed by atoms with Crippen LogP contribution in [0.25, 0.3) is 0 Å². The van der Waals surface area contributed by atoms with Gasteiger partial charge in [-0.1, -0.05) is 63.8 Å². The molecule has 0 fully saturated rings. The third-order valence-electron chi connectivity index (χ3n) is 4.73. The van der Waals surface area contributed by atoms with Crippen LogP contribution in [-0.4, -0.2) is 37.5 Å². The van der Waals surface area contributed by atoms with E-state index in [0.29, 0.717) is 12.8 Å². The zero-order chi connectivity index (χ0) is 26.2. The molecule has 0 unspecified atom stereocenters. The highest BCUT2D eigenvalue weighted by Gasteiger charge is 2.22. The van der Waals surface area contributed by atoms with Gasteiger partial charge in [-0.15, -0.1) is 0 Å². The molecule has 0 radical (unpaired) electrons. The lowest BCUT2D eigenvalue weighted by Gasteiger charge is -2.10. The summed E-state index contributed by atoms with van der Waals surface area (Å²) >= 11 is 0. The molecule has 0 spiro atoms. The average Bonchev–Trinajstić information content (AvgIpc) is 2.88. The van der Waals surface area contributed by atoms with Crippen LogP contribution in [0.5, 0.6) is 11.5 Å². The van der Waals surface area contributed by atoms with Gasteiger partial charge in [0.25, 0.3) is 0 Å². The van der Waals surface area contributed by atoms with Gasteiger partial charge in [0.2, 0.25) is 0 Å². The Hall–Kier alpha value is -4.08. The molecular weight excluding hydrogens is 472 g/mol. The van der Waals surface area contributed by atoms with E-state index < -0.39 is 24.2 Å². The van der Waals surface area contributed by atoms with Gasteiger partial charge >= 0.3 is 24.2 Å². The Morgan fingerprint density at radius 2 is 0.972 bits per heavy atom. The lowest BCUT2D eigenvalue weighted by molar-refractivity contribution is -0.187. The first-order valence-electron chi connectivity index (χ1n) is 11.8. The van der Waals surface area contributed by atoms with Crippen molar-refractivity contribution in [1.82, 2.24) is 0 Å². The number of carbonyl (C=O) groups is 4. The fraction of sp³-hybridized carbons (Fsp3) is 0.385. The summed E-state index contributed by atoms with van der Waals surface area (Å²) in [7, 11) is 0. The Morgan fingerprint density at radius 1 is 0.583 bits per heavy atom. The van der Waals surface area contributed by atoms with Gasteiger partial charge in [-0.2, -0.15) is 0 Å². The molecule has 0 N–H and O–H groups in total. The molecule has 0 saturated heterocycles. The Morgan fingerprint density at radius 3 is 1.36 bits per heavy atom. The normalized spacial score (nSPS) is 10.2. The van der Waals surface area contributed by atoms with Gasteiger partial charge in [0.1, 0.15) is 22.6 Å². The first-order chi connectivity index (χ1) is 17.5. The van der Waals surface area contributed by atoms with E-state index in [-0.39, 0.29) is 35.8 Å². The smallest absolute Gasteiger partial charge is 0.434 e. The Bertz CT molecular complexity index is 936. The molecule has 0 aliphatic rings. The number of unbranched alkanes of at least 4 members (excludes halogenated alkanes) is 4. The molecule has 0 bridgehead atoms. The number of carbonyl (C=O) groups excluding carboxylic acids is 4. The molecule has 10 nitrogen and oxygen atoms in total. The molecule has 194 valence electrons. The highest BCUT2D eigenvalue weighted by atomic mass is 17.2. The number of rotatable bonds is 12. The molecule has 2 aromatic carbocycles. The van der Waals surface area contributed by atoms with Crippen LogP contribution in [0, 0.1) is 0 Å². The summed E-state index contributed by atoms with van der Waals surface area (Å²) in [5.74, 6) is -2.44. The third-order valence-corrected chi connectivity index (χ3v) is 4.73. The SMILES string of the molecule is CCCCCOC(=O)Oc1ccccc1C(=O)OOC(=O)c1ccccc1OC(=O)OCCCCC. The van der Waals surface area contributed by atoms with E-state index in [9.17, 15) is 19.2 Å². The number of ether oxygens (including phenoxy) is 4. The fourth-order valence-corrected chi connectivity index (χ4v) is 2.87. The van der Waals surface area contributed by atoms with Crippen molar-refractivity contribution in [2.24, 2.45) is 0 Å². The van der Waals surface area contributed by atoms with Crippen molar-refractivity contribution in [3.05, 3.63) is 59.7 Å². The molecule has 10 heteroatoms. The number of hydrogen-bond donors (Lipinski definition) is 0. The first kappa shape index (κ1) is 28.2. The molecule has 0 saturated carbocycles. The van der Waals surface area contributed by atoms with Crippen LogP contribution in [0.15, 0.2) is 48.5 Å². The third kappa shape index (κ3) is 9.65. The number of benzene rings is 2. The van der Waals surface area contributed by atoms with E-state index in [4.69, 9.17) is 18.9 Å². The van der Waals surface area contributed by atoms with Crippen LogP contribution >= 0.6 is 0 Å². The lowest BCUT2D eigenvalue weighted by atomic mass is 10.2. The number of hydrogen-bond acceptors (Lipinski definition) is 10. The maximum Gasteiger partial charge on any atom is 0.513 e. The van der Waals surface area contributed by atoms with Crippen LogP contribution in [0.3, 0.4) is 0 Å². The maximum absolute atomic E-state index is 12.5. The molecule has 36 heavy (non-hydrogen) atoms. The zero-order valence-electron chi connectivity index (χ0n) is 20.4. The predicted octanol–water partition coefficient (Wildman–Crippen LogP) is 6.03. The molecular formula is C26H30O10. The van der Waals surface area contributed by atoms with E-state index >= 15 is 0 Å². The van der Waals surface area contributed by atoms with Crippen LogP contribution < -0.4 is 9.47 Å². The quantitative estimate of drug-likeness (QED) is 0.112. The van der Waals surface area contributed by atoms with Crippen molar-refractivity contribution in [3.8, 4) is 11.5 Å². The van der Waals surface area contributed by atoms with Crippen LogP contribution in [0.4, 0.5) is 9.59 Å². The zero-order valence-corrected chi connectivity index (χ0v) is 20.4. The van der Waals surface area contributed by atoms with Crippen LogP contribution in [0.1, 0.15) is 73.1 Å². The average molecular weight is 503 g/mol. The Balaban J connectivity index is 1.95. The molecule has 0 heterocycles. The van der Waals surface area contributed by atoms with Crippen LogP contribution in [-0.2, 0) is 19.2 Å². The minimum absolute atomic E-state index is 0.131. The van der Waals surface area contributed by atoms with Gasteiger partial charge in [0, 0.05) is 0 Å². The first-order valence-corrected chi connectivity index (χ1v) is 11.8. The summed E-state index contributed by atoms with van der Waals surface area (Å²) in [5.41, 5.74) is -0.341. The van der Waals surface area contributed by atoms with E-state index in [2.05, 4.69) is 9.78 Å². The fourth-order valence-electron chi connectivity index (χ4n) is 2.87. The summed E-state index contributed by atoms with van der Waals surface area (Å²) in [6.45, 7) is 4.40. The number of para-hydroxylation sites is 2. The van der Waals surface area contributed by atoms with E-state index in [0.717, 1.165) is 25.7 Å². The topological polar surface area (TPSA) is 124 Å². The lowest BCUT2D eigenvalue weighted by Crippen LogP contribution is -2.17. The predicted molar refractivity (Wildman–Crippen MR) is 127 cm³/mol. The second kappa shape index (κ2) is 15.8. The van der Waals surface area contributed by atoms with Crippen molar-refractivity contribution in [1.29, 1.82) is 0 Å². The second-order valence-corrected chi connectivity index (χ2v) is 7.55. The summed E-state index contributed by atoms with van der Waals surface area (Å²) < 4.78 is 20.1. The van der Waals surface area contributed by atoms with E-state index in [1.165, 1.54) is 48.5 Å². The van der Waals surface area contributed by atoms with Gasteiger partial charge in [0.15, 0.2) is 0 Å². The molecule has 0 aliphatic carbocycles. The van der Waals surface area contributed by atoms with Crippen molar-refractivity contribution in [3.63, 3.8) is 0 Å². The van der Waals surface area contributed by atoms with Gasteiger partial charge in [0.05, 0.1) is 13.2 Å². The Labute approximate surface area is 209 Å². The van der Waals surface area contributed by atoms with E-state index in [1.807, 2.05) is 13.8 Å². The Kier molecular flexibility index (Phi) is 12.3. The van der Waals surface area contributed by atoms with Gasteiger partial charge < -0.3 is 18.9 Å². The van der Waals surface area contributed by atoms with Crippen molar-refractivity contribution in [2.75, 3.05) is 13.2 Å². The van der Waals surface area contributed by atoms with Crippen LogP contribution in [0.2, 0.25) is 0 Å². The minimum atomic E-state index is -1.09. The monoisotopic (exact) mass is 502 g/mol. The maximum atomic E-state index is 12.5. The largest absolute Gasteiger partial charge is 0.513 e. The summed E-state index contributed by atoms with van der Waals surface area (Å²) in [6.07, 6.45) is 3.15. The molecule has 2 rings (SSSR count). The standard InChI is InChI=1S/C26H30O10/c1-3-5-11-17-31-25(29)33-21-15-9-7-13-19(21)23(27)35-36-24(28)20-14-8-10-16-22(20)34-26(30)32-18-12-6-4-2/h7-10,13-16H,3-6,11-12,17-18H2,1-2H3. The molecule has 0 aromatic heterocycles. The van der Waals surface area contributed by atoms with Crippen molar-refractivity contribution >= 4 is 24.2 Å². The van der Waals surface area contributed by atoms with Gasteiger partial charge in [-0.05, 0) is 37.1 Å². The molecule has 0 amide bonds. The highest BCUT2D eigenvalue weighted by Crippen LogP contribution is 2.22. The van der Waals surface area contributed by atoms with Gasteiger partial charge in [-0.25, -0.2) is 29.0 Å². The summed E-state index contributed by atoms with van der Waals surface area (Å²) in [5, 5.41) is 0. The molecule has 2 aromatic rings. The van der Waals surface area contributed by atoms with Crippen molar-refractivity contribution < 1.29 is 47.9 Å². The van der Waals surface area contributed by atoms with E-state index in [1.54, 1.807) is 0 Å². The summed E-state index contributed by atoms with van der Waals surface area (Å²) in [4.78, 5) is 58.0. The van der Waals surface area contributed by atoms with Crippen molar-refractivity contribution in [2.45, 2.75) is 52.4 Å². The molecule has 0 aliphatic heterocycles. The second-order valence-electron chi connectivity index (χ2n) is 7.55. The minimum Gasteiger partial charge on any atom is -0.434 e. The highest BCUT2D eigenvalue weighted by molar-refractivity contribution is 5.96.